The minimum absolute atomic E-state index is 0.101. The van der Waals surface area contributed by atoms with Gasteiger partial charge in [-0.05, 0) is 64.7 Å². The fourth-order valence-electron chi connectivity index (χ4n) is 3.45. The summed E-state index contributed by atoms with van der Waals surface area (Å²) in [5.41, 5.74) is 3.15. The number of amides is 1. The third kappa shape index (κ3) is 3.16. The molecule has 128 valence electrons. The van der Waals surface area contributed by atoms with Gasteiger partial charge in [-0.2, -0.15) is 0 Å². The first-order chi connectivity index (χ1) is 11.5. The summed E-state index contributed by atoms with van der Waals surface area (Å²) in [5, 5.41) is 4.09. The monoisotopic (exact) mass is 327 g/mol. The maximum atomic E-state index is 12.5. The average Bonchev–Trinajstić information content (AvgIpc) is 3.08. The van der Waals surface area contributed by atoms with E-state index < -0.39 is 0 Å². The number of likely N-dealkylation sites (tertiary alicyclic amines) is 1. The molecule has 0 N–H and O–H groups in total. The molecule has 0 aromatic carbocycles. The number of aryl methyl sites for hydroxylation is 2. The van der Waals surface area contributed by atoms with Crippen molar-refractivity contribution in [2.45, 2.75) is 53.0 Å². The second kappa shape index (κ2) is 6.67. The maximum absolute atomic E-state index is 12.5. The average molecular weight is 327 g/mol. The zero-order chi connectivity index (χ0) is 17.3. The van der Waals surface area contributed by atoms with E-state index in [2.05, 4.69) is 18.1 Å². The molecule has 0 aliphatic carbocycles. The smallest absolute Gasteiger partial charge is 0.246 e. The number of piperidine rings is 1. The number of carbonyl (C=O) groups excluding carboxylic acids is 1. The molecular formula is C19H25N3O2. The van der Waals surface area contributed by atoms with Crippen LogP contribution in [-0.2, 0) is 4.79 Å². The Kier molecular flexibility index (Phi) is 4.60. The van der Waals surface area contributed by atoms with Crippen LogP contribution >= 0.6 is 0 Å². The molecule has 0 saturated carbocycles. The highest BCUT2D eigenvalue weighted by atomic mass is 16.5. The molecule has 0 radical (unpaired) electrons. The van der Waals surface area contributed by atoms with E-state index in [-0.39, 0.29) is 5.91 Å². The Morgan fingerprint density at radius 2 is 2.08 bits per heavy atom. The van der Waals surface area contributed by atoms with Crippen LogP contribution in [-0.4, -0.2) is 33.1 Å². The molecular weight excluding hydrogens is 302 g/mol. The fourth-order valence-corrected chi connectivity index (χ4v) is 3.45. The Balaban J connectivity index is 1.82. The van der Waals surface area contributed by atoms with E-state index in [1.807, 2.05) is 42.4 Å². The predicted octanol–water partition coefficient (Wildman–Crippen LogP) is 3.80. The van der Waals surface area contributed by atoms with Crippen LogP contribution in [0.15, 0.2) is 22.7 Å². The summed E-state index contributed by atoms with van der Waals surface area (Å²) in [4.78, 5) is 14.4. The summed E-state index contributed by atoms with van der Waals surface area (Å²) in [6.07, 6.45) is 7.02. The van der Waals surface area contributed by atoms with Crippen LogP contribution in [0.25, 0.3) is 11.9 Å². The molecule has 1 aliphatic heterocycles. The predicted molar refractivity (Wildman–Crippen MR) is 94.1 cm³/mol. The van der Waals surface area contributed by atoms with Gasteiger partial charge in [-0.3, -0.25) is 9.36 Å². The molecule has 1 aliphatic rings. The van der Waals surface area contributed by atoms with Gasteiger partial charge < -0.3 is 9.42 Å². The summed E-state index contributed by atoms with van der Waals surface area (Å²) in [5.74, 6) is 1.66. The van der Waals surface area contributed by atoms with Crippen molar-refractivity contribution < 1.29 is 9.32 Å². The Morgan fingerprint density at radius 1 is 1.29 bits per heavy atom. The molecule has 3 rings (SSSR count). The van der Waals surface area contributed by atoms with Crippen molar-refractivity contribution in [3.63, 3.8) is 0 Å². The molecule has 5 heteroatoms. The van der Waals surface area contributed by atoms with E-state index in [0.29, 0.717) is 6.04 Å². The van der Waals surface area contributed by atoms with Gasteiger partial charge in [-0.1, -0.05) is 5.16 Å². The molecule has 1 atom stereocenters. The summed E-state index contributed by atoms with van der Waals surface area (Å²) < 4.78 is 7.22. The van der Waals surface area contributed by atoms with Crippen molar-refractivity contribution in [1.29, 1.82) is 0 Å². The van der Waals surface area contributed by atoms with Gasteiger partial charge in [0.05, 0.1) is 0 Å². The van der Waals surface area contributed by atoms with Crippen LogP contribution < -0.4 is 0 Å². The molecule has 3 heterocycles. The van der Waals surface area contributed by atoms with E-state index in [9.17, 15) is 4.79 Å². The van der Waals surface area contributed by atoms with E-state index >= 15 is 0 Å². The highest BCUT2D eigenvalue weighted by Gasteiger charge is 2.21. The van der Waals surface area contributed by atoms with Crippen LogP contribution in [0.4, 0.5) is 0 Å². The van der Waals surface area contributed by atoms with Gasteiger partial charge in [-0.25, -0.2) is 0 Å². The van der Waals surface area contributed by atoms with Crippen molar-refractivity contribution in [3.05, 3.63) is 40.9 Å². The highest BCUT2D eigenvalue weighted by Crippen LogP contribution is 2.22. The quantitative estimate of drug-likeness (QED) is 0.806. The minimum atomic E-state index is 0.101. The van der Waals surface area contributed by atoms with Gasteiger partial charge in [0, 0.05) is 36.1 Å². The third-order valence-corrected chi connectivity index (χ3v) is 4.81. The number of carbonyl (C=O) groups is 1. The van der Waals surface area contributed by atoms with Gasteiger partial charge in [0.1, 0.15) is 5.76 Å². The third-order valence-electron chi connectivity index (χ3n) is 4.81. The van der Waals surface area contributed by atoms with Gasteiger partial charge in [-0.15, -0.1) is 0 Å². The van der Waals surface area contributed by atoms with Crippen LogP contribution in [0.5, 0.6) is 0 Å². The van der Waals surface area contributed by atoms with Crippen molar-refractivity contribution in [2.75, 3.05) is 6.54 Å². The Hall–Kier alpha value is -2.30. The molecule has 0 spiro atoms. The first-order valence-corrected chi connectivity index (χ1v) is 8.58. The first kappa shape index (κ1) is 16.6. The van der Waals surface area contributed by atoms with Crippen LogP contribution in [0.3, 0.4) is 0 Å². The number of aromatic nitrogens is 2. The second-order valence-corrected chi connectivity index (χ2v) is 6.67. The first-order valence-electron chi connectivity index (χ1n) is 8.58. The normalized spacial score (nSPS) is 18.5. The standard InChI is InChI=1S/C19H25N3O2/c1-13-7-5-6-10-21(13)19(23)9-8-17-11-14(2)22(16(17)4)18-12-15(3)24-20-18/h8-9,11-13H,5-7,10H2,1-4H3/b9-8+/t13-/m0/s1. The zero-order valence-corrected chi connectivity index (χ0v) is 14.9. The van der Waals surface area contributed by atoms with Crippen molar-refractivity contribution in [1.82, 2.24) is 14.6 Å². The molecule has 5 nitrogen and oxygen atoms in total. The molecule has 1 amide bonds. The fraction of sp³-hybridized carbons (Fsp3) is 0.474. The number of hydrogen-bond donors (Lipinski definition) is 0. The van der Waals surface area contributed by atoms with Gasteiger partial charge in [0.25, 0.3) is 0 Å². The van der Waals surface area contributed by atoms with Crippen LogP contribution in [0, 0.1) is 20.8 Å². The Morgan fingerprint density at radius 3 is 2.75 bits per heavy atom. The van der Waals surface area contributed by atoms with Gasteiger partial charge in [0.2, 0.25) is 5.91 Å². The Labute approximate surface area is 142 Å². The van der Waals surface area contributed by atoms with Gasteiger partial charge >= 0.3 is 0 Å². The van der Waals surface area contributed by atoms with E-state index in [0.717, 1.165) is 47.9 Å². The van der Waals surface area contributed by atoms with Crippen LogP contribution in [0.2, 0.25) is 0 Å². The van der Waals surface area contributed by atoms with Crippen molar-refractivity contribution in [2.24, 2.45) is 0 Å². The largest absolute Gasteiger partial charge is 0.360 e. The van der Waals surface area contributed by atoms with E-state index in [4.69, 9.17) is 4.52 Å². The second-order valence-electron chi connectivity index (χ2n) is 6.67. The Bertz CT molecular complexity index is 770. The summed E-state index contributed by atoms with van der Waals surface area (Å²) in [6, 6.07) is 4.32. The lowest BCUT2D eigenvalue weighted by molar-refractivity contribution is -0.129. The van der Waals surface area contributed by atoms with Crippen LogP contribution in [0.1, 0.15) is 48.9 Å². The number of rotatable bonds is 3. The maximum Gasteiger partial charge on any atom is 0.246 e. The molecule has 0 bridgehead atoms. The topological polar surface area (TPSA) is 51.3 Å². The highest BCUT2D eigenvalue weighted by molar-refractivity contribution is 5.92. The SMILES string of the molecule is Cc1cc(-n2c(C)cc(/C=C/C(=O)N3CCCC[C@@H]3C)c2C)no1. The zero-order valence-electron chi connectivity index (χ0n) is 14.9. The molecule has 2 aromatic heterocycles. The number of nitrogens with zero attached hydrogens (tertiary/aromatic N) is 3. The lowest BCUT2D eigenvalue weighted by Gasteiger charge is -2.32. The van der Waals surface area contributed by atoms with Crippen molar-refractivity contribution >= 4 is 12.0 Å². The molecule has 1 saturated heterocycles. The molecule has 0 unspecified atom stereocenters. The van der Waals surface area contributed by atoms with Gasteiger partial charge in [0.15, 0.2) is 5.82 Å². The number of hydrogen-bond acceptors (Lipinski definition) is 3. The lowest BCUT2D eigenvalue weighted by Crippen LogP contribution is -2.41. The summed E-state index contributed by atoms with van der Waals surface area (Å²) in [7, 11) is 0. The summed E-state index contributed by atoms with van der Waals surface area (Å²) >= 11 is 0. The molecule has 24 heavy (non-hydrogen) atoms. The van der Waals surface area contributed by atoms with E-state index in [1.165, 1.54) is 6.42 Å². The molecule has 1 fully saturated rings. The lowest BCUT2D eigenvalue weighted by atomic mass is 10.0. The van der Waals surface area contributed by atoms with E-state index in [1.54, 1.807) is 6.08 Å². The summed E-state index contributed by atoms with van der Waals surface area (Å²) in [6.45, 7) is 8.93. The minimum Gasteiger partial charge on any atom is -0.360 e. The molecule has 2 aromatic rings. The van der Waals surface area contributed by atoms with Crippen molar-refractivity contribution in [3.8, 4) is 5.82 Å².